The Bertz CT molecular complexity index is 834. The van der Waals surface area contributed by atoms with Crippen molar-refractivity contribution in [1.82, 2.24) is 4.31 Å². The lowest BCUT2D eigenvalue weighted by molar-refractivity contribution is 0.315. The van der Waals surface area contributed by atoms with Gasteiger partial charge in [0, 0.05) is 12.6 Å². The third-order valence-electron chi connectivity index (χ3n) is 4.51. The topological polar surface area (TPSA) is 46.6 Å². The van der Waals surface area contributed by atoms with Gasteiger partial charge in [-0.2, -0.15) is 4.31 Å². The van der Waals surface area contributed by atoms with Crippen molar-refractivity contribution in [2.45, 2.75) is 37.6 Å². The zero-order valence-electron chi connectivity index (χ0n) is 14.4. The number of hydrogen-bond acceptors (Lipinski definition) is 3. The van der Waals surface area contributed by atoms with Gasteiger partial charge in [-0.25, -0.2) is 8.42 Å². The molecule has 1 fully saturated rings. The molecule has 25 heavy (non-hydrogen) atoms. The fourth-order valence-electron chi connectivity index (χ4n) is 3.20. The Morgan fingerprint density at radius 1 is 1.12 bits per heavy atom. The van der Waals surface area contributed by atoms with E-state index in [-0.39, 0.29) is 6.04 Å². The summed E-state index contributed by atoms with van der Waals surface area (Å²) in [4.78, 5) is 0.298. The standard InChI is InChI=1S/C19H22ClNO3S/c1-14(2)18-7-5-13-21(18)25(22,23)16-11-9-15(10-12-16)24-19-8-4-3-6-17(19)20/h3-4,6,8-12,14,18H,5,7,13H2,1-2H3. The van der Waals surface area contributed by atoms with Crippen molar-refractivity contribution in [3.8, 4) is 11.5 Å². The van der Waals surface area contributed by atoms with E-state index in [4.69, 9.17) is 16.3 Å². The molecule has 1 aliphatic heterocycles. The minimum Gasteiger partial charge on any atom is -0.456 e. The SMILES string of the molecule is CC(C)C1CCCN1S(=O)(=O)c1ccc(Oc2ccccc2Cl)cc1. The number of sulfonamides is 1. The molecule has 0 radical (unpaired) electrons. The van der Waals surface area contributed by atoms with Crippen molar-refractivity contribution < 1.29 is 13.2 Å². The summed E-state index contributed by atoms with van der Waals surface area (Å²) in [5, 5.41) is 0.510. The van der Waals surface area contributed by atoms with E-state index in [1.165, 1.54) is 0 Å². The van der Waals surface area contributed by atoms with Gasteiger partial charge in [0.25, 0.3) is 0 Å². The summed E-state index contributed by atoms with van der Waals surface area (Å²) in [7, 11) is -3.48. The lowest BCUT2D eigenvalue weighted by Crippen LogP contribution is -2.38. The average Bonchev–Trinajstić information content (AvgIpc) is 3.08. The fraction of sp³-hybridized carbons (Fsp3) is 0.368. The molecule has 0 aliphatic carbocycles. The highest BCUT2D eigenvalue weighted by Gasteiger charge is 2.36. The number of halogens is 1. The largest absolute Gasteiger partial charge is 0.456 e. The van der Waals surface area contributed by atoms with Crippen LogP contribution in [-0.4, -0.2) is 25.3 Å². The van der Waals surface area contributed by atoms with Gasteiger partial charge in [-0.3, -0.25) is 0 Å². The van der Waals surface area contributed by atoms with Crippen LogP contribution in [0.25, 0.3) is 0 Å². The maximum absolute atomic E-state index is 12.9. The summed E-state index contributed by atoms with van der Waals surface area (Å²) < 4.78 is 33.2. The molecule has 134 valence electrons. The number of hydrogen-bond donors (Lipinski definition) is 0. The van der Waals surface area contributed by atoms with E-state index in [9.17, 15) is 8.42 Å². The summed E-state index contributed by atoms with van der Waals surface area (Å²) in [5.74, 6) is 1.40. The Kier molecular flexibility index (Phi) is 5.37. The van der Waals surface area contributed by atoms with Gasteiger partial charge in [0.2, 0.25) is 10.0 Å². The number of benzene rings is 2. The van der Waals surface area contributed by atoms with Gasteiger partial charge in [-0.05, 0) is 55.2 Å². The molecule has 1 unspecified atom stereocenters. The predicted molar refractivity (Wildman–Crippen MR) is 99.7 cm³/mol. The predicted octanol–water partition coefficient (Wildman–Crippen LogP) is 4.94. The maximum Gasteiger partial charge on any atom is 0.243 e. The summed E-state index contributed by atoms with van der Waals surface area (Å²) in [6.45, 7) is 4.72. The summed E-state index contributed by atoms with van der Waals surface area (Å²) in [6.07, 6.45) is 1.83. The Balaban J connectivity index is 1.81. The normalized spacial score (nSPS) is 18.6. The zero-order chi connectivity index (χ0) is 18.0. The third kappa shape index (κ3) is 3.84. The van der Waals surface area contributed by atoms with Crippen molar-refractivity contribution in [2.24, 2.45) is 5.92 Å². The first kappa shape index (κ1) is 18.2. The minimum atomic E-state index is -3.48. The molecule has 0 amide bonds. The number of rotatable bonds is 5. The third-order valence-corrected chi connectivity index (χ3v) is 6.76. The monoisotopic (exact) mass is 379 g/mol. The highest BCUT2D eigenvalue weighted by Crippen LogP contribution is 2.32. The number of ether oxygens (including phenoxy) is 1. The van der Waals surface area contributed by atoms with Crippen LogP contribution in [0.1, 0.15) is 26.7 Å². The van der Waals surface area contributed by atoms with Crippen LogP contribution in [0.3, 0.4) is 0 Å². The first-order chi connectivity index (χ1) is 11.9. The summed E-state index contributed by atoms with van der Waals surface area (Å²) in [6, 6.07) is 13.8. The van der Waals surface area contributed by atoms with Crippen LogP contribution in [0.4, 0.5) is 0 Å². The van der Waals surface area contributed by atoms with E-state index in [1.54, 1.807) is 40.7 Å². The van der Waals surface area contributed by atoms with Crippen LogP contribution in [0.5, 0.6) is 11.5 Å². The summed E-state index contributed by atoms with van der Waals surface area (Å²) >= 11 is 6.08. The average molecular weight is 380 g/mol. The zero-order valence-corrected chi connectivity index (χ0v) is 15.9. The maximum atomic E-state index is 12.9. The van der Waals surface area contributed by atoms with Crippen LogP contribution < -0.4 is 4.74 Å². The fourth-order valence-corrected chi connectivity index (χ4v) is 5.20. The van der Waals surface area contributed by atoms with E-state index in [1.807, 2.05) is 12.1 Å². The molecular weight excluding hydrogens is 358 g/mol. The van der Waals surface area contributed by atoms with Crippen LogP contribution in [0.2, 0.25) is 5.02 Å². The molecule has 0 spiro atoms. The highest BCUT2D eigenvalue weighted by atomic mass is 35.5. The van der Waals surface area contributed by atoms with Crippen LogP contribution in [0.15, 0.2) is 53.4 Å². The Morgan fingerprint density at radius 2 is 1.80 bits per heavy atom. The van der Waals surface area contributed by atoms with E-state index >= 15 is 0 Å². The van der Waals surface area contributed by atoms with Crippen LogP contribution >= 0.6 is 11.6 Å². The Hall–Kier alpha value is -1.56. The molecule has 2 aromatic carbocycles. The minimum absolute atomic E-state index is 0.0732. The second-order valence-electron chi connectivity index (χ2n) is 6.57. The quantitative estimate of drug-likeness (QED) is 0.739. The van der Waals surface area contributed by atoms with Crippen molar-refractivity contribution >= 4 is 21.6 Å². The molecule has 6 heteroatoms. The lowest BCUT2D eigenvalue weighted by Gasteiger charge is -2.27. The molecule has 1 saturated heterocycles. The smallest absolute Gasteiger partial charge is 0.243 e. The molecule has 0 saturated carbocycles. The molecule has 0 N–H and O–H groups in total. The van der Waals surface area contributed by atoms with Crippen molar-refractivity contribution in [1.29, 1.82) is 0 Å². The van der Waals surface area contributed by atoms with Gasteiger partial charge in [-0.15, -0.1) is 0 Å². The molecule has 1 aliphatic rings. The molecule has 1 heterocycles. The molecule has 0 bridgehead atoms. The number of nitrogens with zero attached hydrogens (tertiary/aromatic N) is 1. The Morgan fingerprint density at radius 3 is 2.44 bits per heavy atom. The molecule has 3 rings (SSSR count). The van der Waals surface area contributed by atoms with Crippen molar-refractivity contribution in [3.63, 3.8) is 0 Å². The lowest BCUT2D eigenvalue weighted by atomic mass is 10.0. The summed E-state index contributed by atoms with van der Waals surface area (Å²) in [5.41, 5.74) is 0. The van der Waals surface area contributed by atoms with Gasteiger partial charge < -0.3 is 4.74 Å². The van der Waals surface area contributed by atoms with Gasteiger partial charge in [0.05, 0.1) is 9.92 Å². The highest BCUT2D eigenvalue weighted by molar-refractivity contribution is 7.89. The Labute approximate surface area is 154 Å². The van der Waals surface area contributed by atoms with Gasteiger partial charge in [-0.1, -0.05) is 37.6 Å². The van der Waals surface area contributed by atoms with E-state index in [0.29, 0.717) is 33.9 Å². The molecule has 1 atom stereocenters. The van der Waals surface area contributed by atoms with E-state index in [2.05, 4.69) is 13.8 Å². The van der Waals surface area contributed by atoms with E-state index < -0.39 is 10.0 Å². The molecule has 2 aromatic rings. The molecular formula is C19H22ClNO3S. The van der Waals surface area contributed by atoms with E-state index in [0.717, 1.165) is 12.8 Å². The molecule has 0 aromatic heterocycles. The number of para-hydroxylation sites is 1. The van der Waals surface area contributed by atoms with Gasteiger partial charge >= 0.3 is 0 Å². The van der Waals surface area contributed by atoms with Crippen molar-refractivity contribution in [3.05, 3.63) is 53.6 Å². The first-order valence-corrected chi connectivity index (χ1v) is 10.3. The van der Waals surface area contributed by atoms with Crippen LogP contribution in [-0.2, 0) is 10.0 Å². The van der Waals surface area contributed by atoms with Crippen LogP contribution in [0, 0.1) is 5.92 Å². The van der Waals surface area contributed by atoms with Gasteiger partial charge in [0.15, 0.2) is 0 Å². The second kappa shape index (κ2) is 7.36. The van der Waals surface area contributed by atoms with Crippen molar-refractivity contribution in [2.75, 3.05) is 6.54 Å². The molecule has 4 nitrogen and oxygen atoms in total. The second-order valence-corrected chi connectivity index (χ2v) is 8.87. The first-order valence-electron chi connectivity index (χ1n) is 8.44. The van der Waals surface area contributed by atoms with Gasteiger partial charge in [0.1, 0.15) is 11.5 Å².